The van der Waals surface area contributed by atoms with Gasteiger partial charge in [-0.15, -0.1) is 0 Å². The zero-order valence-corrected chi connectivity index (χ0v) is 14.2. The molecule has 1 heterocycles. The van der Waals surface area contributed by atoms with Gasteiger partial charge in [0.05, 0.1) is 12.2 Å². The number of halogens is 2. The van der Waals surface area contributed by atoms with Gasteiger partial charge in [-0.05, 0) is 37.2 Å². The Labute approximate surface area is 130 Å². The third kappa shape index (κ3) is 3.68. The van der Waals surface area contributed by atoms with Gasteiger partial charge in [0.25, 0.3) is 0 Å². The molecular formula is C14H17Br2N3. The maximum atomic E-state index is 4.36. The molecule has 0 bridgehead atoms. The first kappa shape index (κ1) is 14.8. The van der Waals surface area contributed by atoms with E-state index in [0.717, 1.165) is 22.0 Å². The summed E-state index contributed by atoms with van der Waals surface area (Å²) in [6.07, 6.45) is 4.04. The van der Waals surface area contributed by atoms with Crippen LogP contribution in [0.2, 0.25) is 0 Å². The lowest BCUT2D eigenvalue weighted by molar-refractivity contribution is 0.625. The highest BCUT2D eigenvalue weighted by molar-refractivity contribution is 9.11. The molecule has 0 amide bonds. The molecule has 0 fully saturated rings. The second kappa shape index (κ2) is 6.68. The summed E-state index contributed by atoms with van der Waals surface area (Å²) < 4.78 is 4.09. The normalized spacial score (nSPS) is 12.6. The minimum absolute atomic E-state index is 0.166. The molecule has 2 rings (SSSR count). The average molecular weight is 387 g/mol. The summed E-state index contributed by atoms with van der Waals surface area (Å²) in [5.74, 6) is 0. The van der Waals surface area contributed by atoms with Gasteiger partial charge in [0.2, 0.25) is 0 Å². The van der Waals surface area contributed by atoms with Crippen molar-refractivity contribution in [3.8, 4) is 0 Å². The fraction of sp³-hybridized carbons (Fsp3) is 0.357. The summed E-state index contributed by atoms with van der Waals surface area (Å²) in [7, 11) is 0. The number of aryl methyl sites for hydroxylation is 1. The predicted molar refractivity (Wildman–Crippen MR) is 85.3 cm³/mol. The van der Waals surface area contributed by atoms with E-state index in [1.54, 1.807) is 0 Å². The molecule has 1 atom stereocenters. The largest absolute Gasteiger partial charge is 0.306 e. The van der Waals surface area contributed by atoms with Gasteiger partial charge >= 0.3 is 0 Å². The first-order chi connectivity index (χ1) is 9.13. The van der Waals surface area contributed by atoms with Crippen LogP contribution >= 0.6 is 31.9 Å². The van der Waals surface area contributed by atoms with Crippen molar-refractivity contribution in [2.24, 2.45) is 0 Å². The third-order valence-corrected chi connectivity index (χ3v) is 3.85. The summed E-state index contributed by atoms with van der Waals surface area (Å²) in [6, 6.07) is 6.49. The Morgan fingerprint density at radius 3 is 2.37 bits per heavy atom. The fourth-order valence-corrected chi connectivity index (χ4v) is 3.40. The van der Waals surface area contributed by atoms with Gasteiger partial charge in [-0.3, -0.25) is 4.68 Å². The Hall–Kier alpha value is -0.650. The molecule has 0 saturated heterocycles. The molecule has 5 heteroatoms. The van der Waals surface area contributed by atoms with Crippen molar-refractivity contribution < 1.29 is 0 Å². The van der Waals surface area contributed by atoms with Gasteiger partial charge in [0.15, 0.2) is 0 Å². The van der Waals surface area contributed by atoms with Gasteiger partial charge in [-0.2, -0.15) is 5.10 Å². The number of hydrogen-bond donors (Lipinski definition) is 1. The van der Waals surface area contributed by atoms with Crippen LogP contribution < -0.4 is 5.32 Å². The topological polar surface area (TPSA) is 29.9 Å². The van der Waals surface area contributed by atoms with Crippen LogP contribution in [0.3, 0.4) is 0 Å². The lowest BCUT2D eigenvalue weighted by Crippen LogP contribution is -2.21. The van der Waals surface area contributed by atoms with E-state index in [0.29, 0.717) is 0 Å². The monoisotopic (exact) mass is 385 g/mol. The highest BCUT2D eigenvalue weighted by Crippen LogP contribution is 2.28. The molecule has 19 heavy (non-hydrogen) atoms. The molecule has 0 spiro atoms. The van der Waals surface area contributed by atoms with E-state index in [2.05, 4.69) is 74.5 Å². The Kier molecular flexibility index (Phi) is 5.19. The number of nitrogens with one attached hydrogen (secondary N) is 1. The molecule has 0 aliphatic carbocycles. The van der Waals surface area contributed by atoms with E-state index in [4.69, 9.17) is 0 Å². The molecule has 2 aromatic rings. The highest BCUT2D eigenvalue weighted by Gasteiger charge is 2.15. The van der Waals surface area contributed by atoms with Crippen molar-refractivity contribution in [1.29, 1.82) is 0 Å². The van der Waals surface area contributed by atoms with Crippen LogP contribution in [0.4, 0.5) is 0 Å². The molecule has 1 N–H and O–H groups in total. The second-order valence-corrected chi connectivity index (χ2v) is 6.15. The van der Waals surface area contributed by atoms with Crippen LogP contribution in [0.1, 0.15) is 31.0 Å². The summed E-state index contributed by atoms with van der Waals surface area (Å²) in [5.41, 5.74) is 2.41. The van der Waals surface area contributed by atoms with Gasteiger partial charge in [-0.1, -0.05) is 38.8 Å². The number of hydrogen-bond acceptors (Lipinski definition) is 2. The van der Waals surface area contributed by atoms with Crippen LogP contribution in [0.15, 0.2) is 39.5 Å². The Bertz CT molecular complexity index is 531. The summed E-state index contributed by atoms with van der Waals surface area (Å²) in [5, 5.41) is 7.87. The molecule has 3 nitrogen and oxygen atoms in total. The maximum absolute atomic E-state index is 4.36. The van der Waals surface area contributed by atoms with Crippen LogP contribution in [0.5, 0.6) is 0 Å². The van der Waals surface area contributed by atoms with Crippen molar-refractivity contribution in [3.05, 3.63) is 50.7 Å². The lowest BCUT2D eigenvalue weighted by Gasteiger charge is -2.17. The molecular weight excluding hydrogens is 370 g/mol. The average Bonchev–Trinajstić information content (AvgIpc) is 2.83. The maximum Gasteiger partial charge on any atom is 0.0608 e. The van der Waals surface area contributed by atoms with Crippen LogP contribution in [0, 0.1) is 0 Å². The molecule has 0 aliphatic heterocycles. The third-order valence-electron chi connectivity index (χ3n) is 2.94. The molecule has 1 aromatic heterocycles. The van der Waals surface area contributed by atoms with Crippen LogP contribution in [-0.4, -0.2) is 16.3 Å². The van der Waals surface area contributed by atoms with Gasteiger partial charge in [0.1, 0.15) is 0 Å². The van der Waals surface area contributed by atoms with E-state index in [1.807, 2.05) is 16.9 Å². The van der Waals surface area contributed by atoms with E-state index >= 15 is 0 Å². The standard InChI is InChI=1S/C14H17Br2N3/c1-3-17-14(11-8-18-19(4-2)9-11)10-5-12(15)7-13(16)6-10/h5-9,14,17H,3-4H2,1-2H3. The zero-order chi connectivity index (χ0) is 13.8. The fourth-order valence-electron chi connectivity index (χ4n) is 2.08. The predicted octanol–water partition coefficient (Wildman–Crippen LogP) is 4.13. The van der Waals surface area contributed by atoms with E-state index in [1.165, 1.54) is 11.1 Å². The SMILES string of the molecule is CCNC(c1cc(Br)cc(Br)c1)c1cnn(CC)c1. The summed E-state index contributed by atoms with van der Waals surface area (Å²) >= 11 is 7.09. The molecule has 0 radical (unpaired) electrons. The molecule has 1 aromatic carbocycles. The quantitative estimate of drug-likeness (QED) is 0.837. The van der Waals surface area contributed by atoms with Crippen molar-refractivity contribution >= 4 is 31.9 Å². The molecule has 102 valence electrons. The van der Waals surface area contributed by atoms with E-state index in [-0.39, 0.29) is 6.04 Å². The Morgan fingerprint density at radius 1 is 1.16 bits per heavy atom. The van der Waals surface area contributed by atoms with Gasteiger partial charge in [-0.25, -0.2) is 0 Å². The van der Waals surface area contributed by atoms with Crippen molar-refractivity contribution in [1.82, 2.24) is 15.1 Å². The van der Waals surface area contributed by atoms with Gasteiger partial charge in [0, 0.05) is 27.3 Å². The van der Waals surface area contributed by atoms with E-state index in [9.17, 15) is 0 Å². The Balaban J connectivity index is 2.38. The van der Waals surface area contributed by atoms with Crippen molar-refractivity contribution in [2.75, 3.05) is 6.54 Å². The molecule has 0 saturated carbocycles. The Morgan fingerprint density at radius 2 is 1.84 bits per heavy atom. The lowest BCUT2D eigenvalue weighted by atomic mass is 10.0. The first-order valence-electron chi connectivity index (χ1n) is 6.35. The minimum Gasteiger partial charge on any atom is -0.306 e. The highest BCUT2D eigenvalue weighted by atomic mass is 79.9. The smallest absolute Gasteiger partial charge is 0.0608 e. The number of rotatable bonds is 5. The second-order valence-electron chi connectivity index (χ2n) is 4.32. The minimum atomic E-state index is 0.166. The first-order valence-corrected chi connectivity index (χ1v) is 7.94. The van der Waals surface area contributed by atoms with Gasteiger partial charge < -0.3 is 5.32 Å². The number of nitrogens with zero attached hydrogens (tertiary/aromatic N) is 2. The van der Waals surface area contributed by atoms with Crippen LogP contribution in [0.25, 0.3) is 0 Å². The van der Waals surface area contributed by atoms with Crippen molar-refractivity contribution in [3.63, 3.8) is 0 Å². The van der Waals surface area contributed by atoms with Crippen LogP contribution in [-0.2, 0) is 6.54 Å². The summed E-state index contributed by atoms with van der Waals surface area (Å²) in [4.78, 5) is 0. The molecule has 0 aliphatic rings. The summed E-state index contributed by atoms with van der Waals surface area (Å²) in [6.45, 7) is 6.01. The zero-order valence-electron chi connectivity index (χ0n) is 11.0. The van der Waals surface area contributed by atoms with E-state index < -0.39 is 0 Å². The number of aromatic nitrogens is 2. The van der Waals surface area contributed by atoms with Crippen molar-refractivity contribution in [2.45, 2.75) is 26.4 Å². The molecule has 1 unspecified atom stereocenters. The number of benzene rings is 1.